The van der Waals surface area contributed by atoms with Crippen molar-refractivity contribution >= 4 is 5.91 Å². The van der Waals surface area contributed by atoms with E-state index in [0.29, 0.717) is 18.4 Å². The number of piperidine rings is 1. The van der Waals surface area contributed by atoms with Gasteiger partial charge >= 0.3 is 0 Å². The van der Waals surface area contributed by atoms with E-state index in [2.05, 4.69) is 25.7 Å². The van der Waals surface area contributed by atoms with Crippen molar-refractivity contribution in [1.29, 1.82) is 0 Å². The number of hydrogen-bond acceptors (Lipinski definition) is 2. The first-order valence-corrected chi connectivity index (χ1v) is 6.61. The fraction of sp³-hybridized carbons (Fsp3) is 0.923. The maximum atomic E-state index is 12.1. The number of rotatable bonds is 4. The van der Waals surface area contributed by atoms with Gasteiger partial charge in [0, 0.05) is 25.0 Å². The van der Waals surface area contributed by atoms with Crippen LogP contribution in [0.3, 0.4) is 0 Å². The second-order valence-electron chi connectivity index (χ2n) is 5.26. The predicted octanol–water partition coefficient (Wildman–Crippen LogP) is 2.15. The van der Waals surface area contributed by atoms with Crippen LogP contribution in [0.5, 0.6) is 0 Å². The Morgan fingerprint density at radius 3 is 2.69 bits per heavy atom. The molecule has 0 aliphatic carbocycles. The highest BCUT2D eigenvalue weighted by Crippen LogP contribution is 2.21. The van der Waals surface area contributed by atoms with Gasteiger partial charge < -0.3 is 10.6 Å². The van der Waals surface area contributed by atoms with Gasteiger partial charge in [-0.25, -0.2) is 0 Å². The van der Waals surface area contributed by atoms with E-state index >= 15 is 0 Å². The Morgan fingerprint density at radius 2 is 2.12 bits per heavy atom. The lowest BCUT2D eigenvalue weighted by Gasteiger charge is -2.36. The molecule has 94 valence electrons. The third kappa shape index (κ3) is 3.48. The summed E-state index contributed by atoms with van der Waals surface area (Å²) in [7, 11) is 0. The van der Waals surface area contributed by atoms with E-state index in [4.69, 9.17) is 5.73 Å². The van der Waals surface area contributed by atoms with Crippen molar-refractivity contribution in [1.82, 2.24) is 4.90 Å². The first-order valence-electron chi connectivity index (χ1n) is 6.61. The summed E-state index contributed by atoms with van der Waals surface area (Å²) in [5, 5.41) is 0. The van der Waals surface area contributed by atoms with Crippen molar-refractivity contribution in [3.63, 3.8) is 0 Å². The third-order valence-corrected chi connectivity index (χ3v) is 3.69. The molecule has 0 aromatic rings. The van der Waals surface area contributed by atoms with Crippen molar-refractivity contribution in [2.75, 3.05) is 6.54 Å². The Bertz CT molecular complexity index is 228. The molecule has 2 unspecified atom stereocenters. The Balaban J connectivity index is 2.50. The van der Waals surface area contributed by atoms with Gasteiger partial charge in [-0.3, -0.25) is 4.79 Å². The van der Waals surface area contributed by atoms with Crippen LogP contribution in [0.2, 0.25) is 0 Å². The molecule has 0 saturated carbocycles. The quantitative estimate of drug-likeness (QED) is 0.798. The molecule has 0 aromatic carbocycles. The molecule has 3 heteroatoms. The molecule has 2 atom stereocenters. The maximum absolute atomic E-state index is 12.1. The van der Waals surface area contributed by atoms with Crippen LogP contribution in [0, 0.1) is 5.92 Å². The molecular weight excluding hydrogens is 200 g/mol. The molecule has 0 aromatic heterocycles. The van der Waals surface area contributed by atoms with Gasteiger partial charge in [-0.2, -0.15) is 0 Å². The molecule has 1 heterocycles. The normalized spacial score (nSPS) is 23.6. The highest BCUT2D eigenvalue weighted by atomic mass is 16.2. The van der Waals surface area contributed by atoms with E-state index in [1.165, 1.54) is 12.8 Å². The Kier molecular flexibility index (Phi) is 5.26. The second kappa shape index (κ2) is 6.24. The van der Waals surface area contributed by atoms with Gasteiger partial charge in [0.15, 0.2) is 0 Å². The fourth-order valence-electron chi connectivity index (χ4n) is 2.31. The largest absolute Gasteiger partial charge is 0.340 e. The zero-order valence-electron chi connectivity index (χ0n) is 10.9. The van der Waals surface area contributed by atoms with Crippen LogP contribution in [0.4, 0.5) is 0 Å². The maximum Gasteiger partial charge on any atom is 0.224 e. The molecule has 1 rings (SSSR count). The standard InChI is InChI=1S/C13H26N2O/c1-4-11-7-5-6-8-15(11)13(16)9-12(14)10(2)3/h10-12H,4-9,14H2,1-3H3. The van der Waals surface area contributed by atoms with E-state index in [1.807, 2.05) is 0 Å². The number of hydrogen-bond donors (Lipinski definition) is 1. The van der Waals surface area contributed by atoms with Crippen LogP contribution in [0.25, 0.3) is 0 Å². The van der Waals surface area contributed by atoms with Gasteiger partial charge in [-0.05, 0) is 31.6 Å². The van der Waals surface area contributed by atoms with Gasteiger partial charge in [-0.1, -0.05) is 20.8 Å². The molecule has 1 amide bonds. The molecule has 1 aliphatic rings. The van der Waals surface area contributed by atoms with Gasteiger partial charge in [0.2, 0.25) is 5.91 Å². The Morgan fingerprint density at radius 1 is 1.44 bits per heavy atom. The highest BCUT2D eigenvalue weighted by molar-refractivity contribution is 5.77. The van der Waals surface area contributed by atoms with Crippen molar-refractivity contribution in [2.24, 2.45) is 11.7 Å². The number of likely N-dealkylation sites (tertiary alicyclic amines) is 1. The Hall–Kier alpha value is -0.570. The summed E-state index contributed by atoms with van der Waals surface area (Å²) in [4.78, 5) is 14.2. The van der Waals surface area contributed by atoms with Crippen molar-refractivity contribution < 1.29 is 4.79 Å². The zero-order valence-corrected chi connectivity index (χ0v) is 10.9. The first-order chi connectivity index (χ1) is 7.56. The average molecular weight is 226 g/mol. The lowest BCUT2D eigenvalue weighted by Crippen LogP contribution is -2.45. The molecule has 0 spiro atoms. The van der Waals surface area contributed by atoms with Crippen molar-refractivity contribution in [3.8, 4) is 0 Å². The second-order valence-corrected chi connectivity index (χ2v) is 5.26. The number of amides is 1. The minimum absolute atomic E-state index is 0.00642. The number of nitrogens with two attached hydrogens (primary N) is 1. The fourth-order valence-corrected chi connectivity index (χ4v) is 2.31. The van der Waals surface area contributed by atoms with Gasteiger partial charge in [0.1, 0.15) is 0 Å². The molecule has 0 bridgehead atoms. The molecular formula is C13H26N2O. The molecule has 1 saturated heterocycles. The summed E-state index contributed by atoms with van der Waals surface area (Å²) in [6.45, 7) is 7.25. The van der Waals surface area contributed by atoms with Crippen LogP contribution in [0.1, 0.15) is 52.9 Å². The van der Waals surface area contributed by atoms with Crippen LogP contribution in [0.15, 0.2) is 0 Å². The van der Waals surface area contributed by atoms with Crippen molar-refractivity contribution in [3.05, 3.63) is 0 Å². The topological polar surface area (TPSA) is 46.3 Å². The van der Waals surface area contributed by atoms with Crippen LogP contribution in [-0.2, 0) is 4.79 Å². The molecule has 2 N–H and O–H groups in total. The molecule has 0 radical (unpaired) electrons. The van der Waals surface area contributed by atoms with E-state index < -0.39 is 0 Å². The minimum Gasteiger partial charge on any atom is -0.340 e. The van der Waals surface area contributed by atoms with Crippen molar-refractivity contribution in [2.45, 2.75) is 65.0 Å². The SMILES string of the molecule is CCC1CCCCN1C(=O)CC(N)C(C)C. The minimum atomic E-state index is 0.00642. The van der Waals surface area contributed by atoms with Gasteiger partial charge in [-0.15, -0.1) is 0 Å². The van der Waals surface area contributed by atoms with Crippen LogP contribution in [-0.4, -0.2) is 29.4 Å². The Labute approximate surface area is 99.4 Å². The lowest BCUT2D eigenvalue weighted by atomic mass is 9.97. The van der Waals surface area contributed by atoms with E-state index in [1.54, 1.807) is 0 Å². The number of nitrogens with zero attached hydrogens (tertiary/aromatic N) is 1. The van der Waals surface area contributed by atoms with Crippen LogP contribution < -0.4 is 5.73 Å². The lowest BCUT2D eigenvalue weighted by molar-refractivity contribution is -0.135. The molecule has 1 fully saturated rings. The average Bonchev–Trinajstić information content (AvgIpc) is 2.28. The number of carbonyl (C=O) groups excluding carboxylic acids is 1. The van der Waals surface area contributed by atoms with E-state index in [-0.39, 0.29) is 11.9 Å². The summed E-state index contributed by atoms with van der Waals surface area (Å²) >= 11 is 0. The molecule has 3 nitrogen and oxygen atoms in total. The summed E-state index contributed by atoms with van der Waals surface area (Å²) in [5.41, 5.74) is 5.96. The first kappa shape index (κ1) is 13.5. The monoisotopic (exact) mass is 226 g/mol. The summed E-state index contributed by atoms with van der Waals surface area (Å²) in [6.07, 6.45) is 5.16. The summed E-state index contributed by atoms with van der Waals surface area (Å²) < 4.78 is 0. The highest BCUT2D eigenvalue weighted by Gasteiger charge is 2.26. The smallest absolute Gasteiger partial charge is 0.224 e. The van der Waals surface area contributed by atoms with E-state index in [9.17, 15) is 4.79 Å². The zero-order chi connectivity index (χ0) is 12.1. The third-order valence-electron chi connectivity index (χ3n) is 3.69. The summed E-state index contributed by atoms with van der Waals surface area (Å²) in [5.74, 6) is 0.640. The number of carbonyl (C=O) groups is 1. The molecule has 1 aliphatic heterocycles. The van der Waals surface area contributed by atoms with Crippen LogP contribution >= 0.6 is 0 Å². The molecule has 16 heavy (non-hydrogen) atoms. The summed E-state index contributed by atoms with van der Waals surface area (Å²) in [6, 6.07) is 0.465. The van der Waals surface area contributed by atoms with E-state index in [0.717, 1.165) is 19.4 Å². The van der Waals surface area contributed by atoms with Gasteiger partial charge in [0.25, 0.3) is 0 Å². The van der Waals surface area contributed by atoms with Gasteiger partial charge in [0.05, 0.1) is 0 Å². The predicted molar refractivity (Wildman–Crippen MR) is 67.1 cm³/mol.